The second-order valence-corrected chi connectivity index (χ2v) is 9.90. The average molecular weight is 572 g/mol. The monoisotopic (exact) mass is 571 g/mol. The molecule has 16 heteroatoms. The minimum atomic E-state index is -1.79. The van der Waals surface area contributed by atoms with E-state index in [2.05, 4.69) is 5.32 Å². The fourth-order valence-electron chi connectivity index (χ4n) is 4.73. The van der Waals surface area contributed by atoms with E-state index < -0.39 is 111 Å². The van der Waals surface area contributed by atoms with Crippen molar-refractivity contribution in [3.05, 3.63) is 0 Å². The number of carbonyl (C=O) groups is 1. The van der Waals surface area contributed by atoms with Crippen LogP contribution < -0.4 is 5.32 Å². The van der Waals surface area contributed by atoms with Gasteiger partial charge in [0, 0.05) is 13.5 Å². The lowest BCUT2D eigenvalue weighted by Gasteiger charge is -2.49. The van der Waals surface area contributed by atoms with Crippen molar-refractivity contribution in [3.8, 4) is 0 Å². The van der Waals surface area contributed by atoms with E-state index >= 15 is 0 Å². The van der Waals surface area contributed by atoms with Crippen LogP contribution in [0.1, 0.15) is 27.2 Å². The van der Waals surface area contributed by atoms with E-state index in [9.17, 15) is 45.6 Å². The lowest BCUT2D eigenvalue weighted by atomic mass is 9.95. The van der Waals surface area contributed by atoms with Gasteiger partial charge in [0.1, 0.15) is 67.1 Å². The maximum atomic E-state index is 11.8. The van der Waals surface area contributed by atoms with E-state index in [1.807, 2.05) is 6.92 Å². The van der Waals surface area contributed by atoms with Gasteiger partial charge < -0.3 is 74.6 Å². The molecule has 1 amide bonds. The van der Waals surface area contributed by atoms with Crippen LogP contribution in [0.25, 0.3) is 0 Å². The van der Waals surface area contributed by atoms with Crippen LogP contribution in [0, 0.1) is 0 Å². The van der Waals surface area contributed by atoms with Gasteiger partial charge in [-0.15, -0.1) is 0 Å². The van der Waals surface area contributed by atoms with Gasteiger partial charge in [-0.25, -0.2) is 0 Å². The van der Waals surface area contributed by atoms with Crippen LogP contribution in [-0.2, 0) is 33.2 Å². The number of amides is 1. The lowest BCUT2D eigenvalue weighted by molar-refractivity contribution is -0.383. The molecule has 0 aromatic heterocycles. The summed E-state index contributed by atoms with van der Waals surface area (Å²) >= 11 is 0. The van der Waals surface area contributed by atoms with E-state index in [4.69, 9.17) is 28.4 Å². The molecule has 15 atom stereocenters. The van der Waals surface area contributed by atoms with Crippen molar-refractivity contribution < 1.29 is 74.1 Å². The van der Waals surface area contributed by atoms with Crippen molar-refractivity contribution in [2.24, 2.45) is 0 Å². The molecule has 3 rings (SSSR count). The Morgan fingerprint density at radius 1 is 0.744 bits per heavy atom. The van der Waals surface area contributed by atoms with Crippen molar-refractivity contribution >= 4 is 5.91 Å². The Bertz CT molecular complexity index is 776. The Hall–Kier alpha value is -1.09. The number of aliphatic hydroxyl groups excluding tert-OH is 8. The first-order valence-electron chi connectivity index (χ1n) is 12.9. The number of carbonyl (C=O) groups excluding carboxylic acids is 1. The number of aliphatic hydroxyl groups is 8. The molecule has 0 saturated carbocycles. The Morgan fingerprint density at radius 3 is 1.87 bits per heavy atom. The Kier molecular flexibility index (Phi) is 11.8. The number of rotatable bonds is 10. The molecule has 3 fully saturated rings. The first-order chi connectivity index (χ1) is 18.4. The molecular weight excluding hydrogens is 530 g/mol. The molecule has 3 aliphatic rings. The molecule has 228 valence electrons. The topological polar surface area (TPSA) is 246 Å². The minimum Gasteiger partial charge on any atom is -0.394 e. The smallest absolute Gasteiger partial charge is 0.217 e. The predicted molar refractivity (Wildman–Crippen MR) is 125 cm³/mol. The Morgan fingerprint density at radius 2 is 1.31 bits per heavy atom. The molecule has 3 aliphatic heterocycles. The van der Waals surface area contributed by atoms with Crippen LogP contribution in [0.4, 0.5) is 0 Å². The van der Waals surface area contributed by atoms with Crippen LogP contribution in [0.15, 0.2) is 0 Å². The second kappa shape index (κ2) is 14.2. The molecule has 9 N–H and O–H groups in total. The van der Waals surface area contributed by atoms with Gasteiger partial charge in [-0.2, -0.15) is 0 Å². The molecular formula is C23H41NO15. The van der Waals surface area contributed by atoms with Crippen molar-refractivity contribution in [1.82, 2.24) is 5.32 Å². The van der Waals surface area contributed by atoms with E-state index in [0.717, 1.165) is 0 Å². The maximum Gasteiger partial charge on any atom is 0.217 e. The minimum absolute atomic E-state index is 0.182. The van der Waals surface area contributed by atoms with Gasteiger partial charge in [0.2, 0.25) is 5.91 Å². The van der Waals surface area contributed by atoms with Crippen LogP contribution in [0.3, 0.4) is 0 Å². The SMILES string of the molecule is CCCO[C@@H]1OC(C)[C@H](O)C(O[C@H]2OC(CO)[C@@H](O)C(O)C2O)[C@@H]1O[C@@H]1OC(CO)[C@H](O)[C@H](O)C1NC(C)=O. The maximum absolute atomic E-state index is 11.8. The van der Waals surface area contributed by atoms with Crippen molar-refractivity contribution in [2.75, 3.05) is 19.8 Å². The summed E-state index contributed by atoms with van der Waals surface area (Å²) in [5, 5.41) is 84.4. The van der Waals surface area contributed by atoms with Crippen LogP contribution >= 0.6 is 0 Å². The van der Waals surface area contributed by atoms with Crippen molar-refractivity contribution in [3.63, 3.8) is 0 Å². The summed E-state index contributed by atoms with van der Waals surface area (Å²) in [6, 6.07) is -1.34. The largest absolute Gasteiger partial charge is 0.394 e. The molecule has 0 aromatic rings. The third kappa shape index (κ3) is 7.22. The fourth-order valence-corrected chi connectivity index (χ4v) is 4.73. The summed E-state index contributed by atoms with van der Waals surface area (Å²) in [4.78, 5) is 11.8. The highest BCUT2D eigenvalue weighted by molar-refractivity contribution is 5.73. The number of hydrogen-bond donors (Lipinski definition) is 9. The highest BCUT2D eigenvalue weighted by atomic mass is 16.8. The molecule has 0 spiro atoms. The molecule has 39 heavy (non-hydrogen) atoms. The van der Waals surface area contributed by atoms with Crippen LogP contribution in [0.5, 0.6) is 0 Å². The Labute approximate surface area is 224 Å². The summed E-state index contributed by atoms with van der Waals surface area (Å²) in [5.41, 5.74) is 0. The zero-order valence-electron chi connectivity index (χ0n) is 21.9. The number of hydrogen-bond acceptors (Lipinski definition) is 15. The summed E-state index contributed by atoms with van der Waals surface area (Å²) in [6.07, 6.45) is -20.0. The first-order valence-corrected chi connectivity index (χ1v) is 12.9. The first kappa shape index (κ1) is 32.4. The number of nitrogens with one attached hydrogen (secondary N) is 1. The Balaban J connectivity index is 1.93. The van der Waals surface area contributed by atoms with E-state index in [1.54, 1.807) is 0 Å². The van der Waals surface area contributed by atoms with Gasteiger partial charge in [-0.1, -0.05) is 6.92 Å². The predicted octanol–water partition coefficient (Wildman–Crippen LogP) is -4.97. The van der Waals surface area contributed by atoms with Gasteiger partial charge in [-0.05, 0) is 13.3 Å². The van der Waals surface area contributed by atoms with Crippen molar-refractivity contribution in [2.45, 2.75) is 119 Å². The second-order valence-electron chi connectivity index (χ2n) is 9.90. The normalized spacial score (nSPS) is 47.1. The van der Waals surface area contributed by atoms with Gasteiger partial charge in [0.05, 0.1) is 19.3 Å². The highest BCUT2D eigenvalue weighted by Crippen LogP contribution is 2.33. The molecule has 0 aliphatic carbocycles. The summed E-state index contributed by atoms with van der Waals surface area (Å²) in [5.74, 6) is -0.590. The van der Waals surface area contributed by atoms with Gasteiger partial charge in [-0.3, -0.25) is 4.79 Å². The fraction of sp³-hybridized carbons (Fsp3) is 0.957. The molecule has 3 heterocycles. The van der Waals surface area contributed by atoms with Gasteiger partial charge in [0.15, 0.2) is 18.9 Å². The standard InChI is InChI=1S/C23H41NO15/c1-4-5-34-23-20(39-21-12(24-9(3)27)16(31)14(29)10(6-25)36-21)19(13(28)8(2)35-23)38-22-18(33)17(32)15(30)11(7-26)37-22/h8,10-23,25-26,28-33H,4-7H2,1-3H3,(H,24,27)/t8?,10?,11?,12?,13-,14-,15+,16+,17?,18?,19?,20-,21-,22+,23+/m0/s1. The summed E-state index contributed by atoms with van der Waals surface area (Å²) in [7, 11) is 0. The average Bonchev–Trinajstić information content (AvgIpc) is 2.90. The summed E-state index contributed by atoms with van der Waals surface area (Å²) in [6.45, 7) is 3.29. The zero-order chi connectivity index (χ0) is 29.0. The molecule has 0 bridgehead atoms. The third-order valence-electron chi connectivity index (χ3n) is 6.93. The highest BCUT2D eigenvalue weighted by Gasteiger charge is 2.54. The van der Waals surface area contributed by atoms with E-state index in [1.165, 1.54) is 13.8 Å². The zero-order valence-corrected chi connectivity index (χ0v) is 21.9. The molecule has 16 nitrogen and oxygen atoms in total. The quantitative estimate of drug-likeness (QED) is 0.119. The lowest BCUT2D eigenvalue weighted by Crippen LogP contribution is -2.68. The van der Waals surface area contributed by atoms with E-state index in [0.29, 0.717) is 6.42 Å². The molecule has 7 unspecified atom stereocenters. The molecule has 3 saturated heterocycles. The van der Waals surface area contributed by atoms with E-state index in [-0.39, 0.29) is 6.61 Å². The van der Waals surface area contributed by atoms with Crippen LogP contribution in [-0.4, -0.2) is 159 Å². The van der Waals surface area contributed by atoms with Crippen molar-refractivity contribution in [1.29, 1.82) is 0 Å². The molecule has 0 radical (unpaired) electrons. The van der Waals surface area contributed by atoms with Crippen LogP contribution in [0.2, 0.25) is 0 Å². The van der Waals surface area contributed by atoms with Gasteiger partial charge >= 0.3 is 0 Å². The molecule has 0 aromatic carbocycles. The third-order valence-corrected chi connectivity index (χ3v) is 6.93. The summed E-state index contributed by atoms with van der Waals surface area (Å²) < 4.78 is 34.6. The van der Waals surface area contributed by atoms with Gasteiger partial charge in [0.25, 0.3) is 0 Å². The number of ether oxygens (including phenoxy) is 6.